The number of benzene rings is 1. The van der Waals surface area contributed by atoms with E-state index in [0.717, 1.165) is 12.1 Å². The Labute approximate surface area is 125 Å². The summed E-state index contributed by atoms with van der Waals surface area (Å²) in [6.07, 6.45) is 0.0132. The molecule has 1 atom stereocenters. The predicted molar refractivity (Wildman–Crippen MR) is 78.2 cm³/mol. The molecule has 0 radical (unpaired) electrons. The number of nitrogens with zero attached hydrogens (tertiary/aromatic N) is 2. The van der Waals surface area contributed by atoms with E-state index >= 15 is 0 Å². The second kappa shape index (κ2) is 5.72. The van der Waals surface area contributed by atoms with Gasteiger partial charge in [0.1, 0.15) is 5.82 Å². The molecule has 0 saturated carbocycles. The van der Waals surface area contributed by atoms with E-state index in [1.165, 1.54) is 4.57 Å². The van der Waals surface area contributed by atoms with E-state index in [9.17, 15) is 19.3 Å². The Morgan fingerprint density at radius 3 is 2.68 bits per heavy atom. The second-order valence-electron chi connectivity index (χ2n) is 5.15. The highest BCUT2D eigenvalue weighted by atomic mass is 19.1. The van der Waals surface area contributed by atoms with Gasteiger partial charge in [0.2, 0.25) is 0 Å². The van der Waals surface area contributed by atoms with Crippen molar-refractivity contribution in [2.75, 3.05) is 6.54 Å². The van der Waals surface area contributed by atoms with Crippen LogP contribution in [0.2, 0.25) is 0 Å². The van der Waals surface area contributed by atoms with Gasteiger partial charge in [-0.1, -0.05) is 0 Å². The van der Waals surface area contributed by atoms with E-state index in [-0.39, 0.29) is 29.6 Å². The second-order valence-corrected chi connectivity index (χ2v) is 5.15. The monoisotopic (exact) mass is 309 g/mol. The first-order chi connectivity index (χ1) is 10.3. The van der Waals surface area contributed by atoms with Crippen LogP contribution in [0.1, 0.15) is 11.3 Å². The summed E-state index contributed by atoms with van der Waals surface area (Å²) < 4.78 is 15.6. The number of nitro benzene ring substituents is 1. The smallest absolute Gasteiger partial charge is 0.308 e. The summed E-state index contributed by atoms with van der Waals surface area (Å²) in [6, 6.07) is 2.14. The Morgan fingerprint density at radius 2 is 2.18 bits per heavy atom. The minimum absolute atomic E-state index is 0.0132. The van der Waals surface area contributed by atoms with Gasteiger partial charge in [-0.2, -0.15) is 0 Å². The van der Waals surface area contributed by atoms with Crippen molar-refractivity contribution in [2.45, 2.75) is 13.3 Å². The number of nitro groups is 1. The first-order valence-electron chi connectivity index (χ1n) is 6.63. The van der Waals surface area contributed by atoms with Crippen LogP contribution in [0.5, 0.6) is 0 Å². The Kier molecular flexibility index (Phi) is 4.14. The van der Waals surface area contributed by atoms with Crippen LogP contribution in [0.15, 0.2) is 12.1 Å². The maximum atomic E-state index is 14.1. The zero-order chi connectivity index (χ0) is 16.6. The highest BCUT2D eigenvalue weighted by molar-refractivity contribution is 5.94. The molecule has 1 unspecified atom stereocenters. The van der Waals surface area contributed by atoms with E-state index in [2.05, 4.69) is 0 Å². The van der Waals surface area contributed by atoms with Crippen molar-refractivity contribution in [1.82, 2.24) is 4.57 Å². The summed E-state index contributed by atoms with van der Waals surface area (Å²) in [5.41, 5.74) is 6.35. The molecule has 0 aliphatic carbocycles. The van der Waals surface area contributed by atoms with Gasteiger partial charge in [0.05, 0.1) is 21.7 Å². The molecule has 0 saturated heterocycles. The number of nitrogens with two attached hydrogens (primary N) is 1. The van der Waals surface area contributed by atoms with Crippen LogP contribution in [-0.4, -0.2) is 27.1 Å². The summed E-state index contributed by atoms with van der Waals surface area (Å²) >= 11 is 0. The third kappa shape index (κ3) is 2.41. The Morgan fingerprint density at radius 1 is 1.55 bits per heavy atom. The van der Waals surface area contributed by atoms with E-state index in [0.29, 0.717) is 11.3 Å². The summed E-state index contributed by atoms with van der Waals surface area (Å²) in [5, 5.41) is 20.5. The topological polar surface area (TPSA) is 111 Å². The van der Waals surface area contributed by atoms with Crippen LogP contribution in [-0.2, 0) is 18.3 Å². The first-order valence-corrected chi connectivity index (χ1v) is 6.63. The number of hydrogen-bond donors (Lipinski definition) is 2. The molecular weight excluding hydrogens is 293 g/mol. The number of aromatic nitrogens is 1. The van der Waals surface area contributed by atoms with E-state index in [1.54, 1.807) is 14.0 Å². The SMILES string of the molecule is Cc1c(CC(CN)C(=O)O)c2c([N+](=O)[O-])ccc(F)c2n1C. The molecule has 1 aromatic heterocycles. The molecule has 2 rings (SSSR count). The average Bonchev–Trinajstić information content (AvgIpc) is 2.69. The summed E-state index contributed by atoms with van der Waals surface area (Å²) in [4.78, 5) is 21.8. The minimum atomic E-state index is -1.09. The quantitative estimate of drug-likeness (QED) is 0.645. The number of fused-ring (bicyclic) bond motifs is 1. The number of aryl methyl sites for hydroxylation is 1. The normalized spacial score (nSPS) is 12.5. The fraction of sp³-hybridized carbons (Fsp3) is 0.357. The van der Waals surface area contributed by atoms with Crippen molar-refractivity contribution in [2.24, 2.45) is 18.7 Å². The maximum Gasteiger partial charge on any atom is 0.308 e. The molecule has 3 N–H and O–H groups in total. The number of aliphatic carboxylic acids is 1. The van der Waals surface area contributed by atoms with Gasteiger partial charge in [-0.25, -0.2) is 4.39 Å². The molecule has 1 aromatic carbocycles. The predicted octanol–water partition coefficient (Wildman–Crippen LogP) is 1.74. The third-order valence-corrected chi connectivity index (χ3v) is 3.96. The molecule has 118 valence electrons. The van der Waals surface area contributed by atoms with Gasteiger partial charge in [-0.3, -0.25) is 14.9 Å². The molecule has 2 aromatic rings. The van der Waals surface area contributed by atoms with Gasteiger partial charge in [0.25, 0.3) is 5.69 Å². The molecular formula is C14H16FN3O4. The first kappa shape index (κ1) is 15.9. The van der Waals surface area contributed by atoms with Gasteiger partial charge < -0.3 is 15.4 Å². The van der Waals surface area contributed by atoms with Gasteiger partial charge in [-0.05, 0) is 25.0 Å². The lowest BCUT2D eigenvalue weighted by atomic mass is 9.96. The molecule has 1 heterocycles. The van der Waals surface area contributed by atoms with Crippen molar-refractivity contribution in [3.05, 3.63) is 39.3 Å². The van der Waals surface area contributed by atoms with Crippen LogP contribution in [0.4, 0.5) is 10.1 Å². The molecule has 0 aliphatic heterocycles. The fourth-order valence-corrected chi connectivity index (χ4v) is 2.65. The van der Waals surface area contributed by atoms with Crippen molar-refractivity contribution in [3.8, 4) is 0 Å². The largest absolute Gasteiger partial charge is 0.481 e. The summed E-state index contributed by atoms with van der Waals surface area (Å²) in [5.74, 6) is -2.55. The Balaban J connectivity index is 2.78. The van der Waals surface area contributed by atoms with Gasteiger partial charge in [0, 0.05) is 25.4 Å². The highest BCUT2D eigenvalue weighted by Gasteiger charge is 2.27. The fourth-order valence-electron chi connectivity index (χ4n) is 2.65. The van der Waals surface area contributed by atoms with Gasteiger partial charge in [0.15, 0.2) is 0 Å². The third-order valence-electron chi connectivity index (χ3n) is 3.96. The van der Waals surface area contributed by atoms with Crippen molar-refractivity contribution in [1.29, 1.82) is 0 Å². The maximum absolute atomic E-state index is 14.1. The van der Waals surface area contributed by atoms with Crippen molar-refractivity contribution in [3.63, 3.8) is 0 Å². The summed E-state index contributed by atoms with van der Waals surface area (Å²) in [6.45, 7) is 1.57. The van der Waals surface area contributed by atoms with Gasteiger partial charge in [-0.15, -0.1) is 0 Å². The molecule has 0 amide bonds. The highest BCUT2D eigenvalue weighted by Crippen LogP contribution is 2.35. The van der Waals surface area contributed by atoms with Crippen LogP contribution >= 0.6 is 0 Å². The standard InChI is InChI=1S/C14H16FN3O4/c1-7-9(5-8(6-16)14(19)20)12-11(18(21)22)4-3-10(15)13(12)17(7)2/h3-4,8H,5-6,16H2,1-2H3,(H,19,20). The molecule has 7 nitrogen and oxygen atoms in total. The number of carboxylic acid groups (broad SMARTS) is 1. The van der Waals surface area contributed by atoms with Crippen molar-refractivity contribution >= 4 is 22.6 Å². The molecule has 0 spiro atoms. The number of carboxylic acids is 1. The number of carbonyl (C=O) groups is 1. The Bertz CT molecular complexity index is 769. The van der Waals surface area contributed by atoms with E-state index < -0.39 is 22.6 Å². The lowest BCUT2D eigenvalue weighted by molar-refractivity contribution is -0.383. The molecule has 0 bridgehead atoms. The van der Waals surface area contributed by atoms with Crippen LogP contribution in [0.3, 0.4) is 0 Å². The van der Waals surface area contributed by atoms with E-state index in [4.69, 9.17) is 10.8 Å². The number of halogens is 1. The van der Waals surface area contributed by atoms with Crippen LogP contribution in [0.25, 0.3) is 10.9 Å². The number of non-ortho nitro benzene ring substituents is 1. The molecule has 8 heteroatoms. The van der Waals surface area contributed by atoms with Gasteiger partial charge >= 0.3 is 5.97 Å². The lowest BCUT2D eigenvalue weighted by Gasteiger charge is -2.10. The van der Waals surface area contributed by atoms with E-state index in [1.807, 2.05) is 0 Å². The van der Waals surface area contributed by atoms with Crippen molar-refractivity contribution < 1.29 is 19.2 Å². The lowest BCUT2D eigenvalue weighted by Crippen LogP contribution is -2.25. The zero-order valence-electron chi connectivity index (χ0n) is 12.2. The number of hydrogen-bond acceptors (Lipinski definition) is 4. The molecule has 0 fully saturated rings. The minimum Gasteiger partial charge on any atom is -0.481 e. The Hall–Kier alpha value is -2.48. The van der Waals surface area contributed by atoms with Crippen LogP contribution < -0.4 is 5.73 Å². The average molecular weight is 309 g/mol. The molecule has 0 aliphatic rings. The number of rotatable bonds is 5. The van der Waals surface area contributed by atoms with Crippen LogP contribution in [0, 0.1) is 28.8 Å². The zero-order valence-corrected chi connectivity index (χ0v) is 12.2. The summed E-state index contributed by atoms with van der Waals surface area (Å²) in [7, 11) is 1.59. The molecule has 22 heavy (non-hydrogen) atoms.